The van der Waals surface area contributed by atoms with Gasteiger partial charge in [-0.2, -0.15) is 0 Å². The molecule has 0 aliphatic carbocycles. The van der Waals surface area contributed by atoms with Crippen molar-refractivity contribution in [1.29, 1.82) is 0 Å². The monoisotopic (exact) mass is 444 g/mol. The summed E-state index contributed by atoms with van der Waals surface area (Å²) in [6.45, 7) is 4.00. The van der Waals surface area contributed by atoms with Crippen LogP contribution in [0.3, 0.4) is 0 Å². The number of carbonyl (C=O) groups is 1. The van der Waals surface area contributed by atoms with Gasteiger partial charge in [-0.15, -0.1) is 0 Å². The van der Waals surface area contributed by atoms with Gasteiger partial charge in [0.15, 0.2) is 0 Å². The predicted octanol–water partition coefficient (Wildman–Crippen LogP) is 4.58. The van der Waals surface area contributed by atoms with E-state index < -0.39 is 22.0 Å². The topological polar surface area (TPSA) is 75.7 Å². The van der Waals surface area contributed by atoms with E-state index in [4.69, 9.17) is 27.9 Å². The van der Waals surface area contributed by atoms with Crippen LogP contribution in [-0.4, -0.2) is 33.2 Å². The number of amides is 1. The summed E-state index contributed by atoms with van der Waals surface area (Å²) in [6, 6.07) is 10.4. The van der Waals surface area contributed by atoms with Gasteiger partial charge in [0.05, 0.1) is 34.3 Å². The number of hydrogen-bond donors (Lipinski definition) is 1. The van der Waals surface area contributed by atoms with E-state index in [2.05, 4.69) is 5.32 Å². The van der Waals surface area contributed by atoms with Crippen molar-refractivity contribution in [3.8, 4) is 5.75 Å². The van der Waals surface area contributed by atoms with E-state index in [0.29, 0.717) is 23.1 Å². The van der Waals surface area contributed by atoms with Crippen LogP contribution in [0.1, 0.15) is 20.3 Å². The second kappa shape index (κ2) is 9.49. The number of nitrogens with zero attached hydrogens (tertiary/aromatic N) is 1. The van der Waals surface area contributed by atoms with Gasteiger partial charge in [-0.1, -0.05) is 42.3 Å². The average molecular weight is 445 g/mol. The van der Waals surface area contributed by atoms with E-state index >= 15 is 0 Å². The minimum Gasteiger partial charge on any atom is -0.492 e. The van der Waals surface area contributed by atoms with Crippen LogP contribution < -0.4 is 14.4 Å². The molecule has 0 heterocycles. The molecular formula is C19H22Cl2N2O4S. The molecule has 0 spiro atoms. The van der Waals surface area contributed by atoms with Crippen LogP contribution in [0.2, 0.25) is 10.0 Å². The van der Waals surface area contributed by atoms with Crippen molar-refractivity contribution in [3.63, 3.8) is 0 Å². The molecule has 0 fully saturated rings. The Bertz CT molecular complexity index is 951. The van der Waals surface area contributed by atoms with Gasteiger partial charge in [0.25, 0.3) is 0 Å². The van der Waals surface area contributed by atoms with Gasteiger partial charge in [-0.25, -0.2) is 8.42 Å². The van der Waals surface area contributed by atoms with E-state index in [-0.39, 0.29) is 17.1 Å². The minimum atomic E-state index is -3.78. The van der Waals surface area contributed by atoms with Crippen molar-refractivity contribution < 1.29 is 17.9 Å². The Hall–Kier alpha value is -1.96. The molecule has 2 aromatic carbocycles. The van der Waals surface area contributed by atoms with Crippen LogP contribution in [0.25, 0.3) is 0 Å². The summed E-state index contributed by atoms with van der Waals surface area (Å²) < 4.78 is 31.6. The maximum atomic E-state index is 13.0. The van der Waals surface area contributed by atoms with Crippen molar-refractivity contribution in [3.05, 3.63) is 52.5 Å². The highest BCUT2D eigenvalue weighted by Gasteiger charge is 2.32. The smallest absolute Gasteiger partial charge is 0.248 e. The lowest BCUT2D eigenvalue weighted by molar-refractivity contribution is -0.117. The average Bonchev–Trinajstić information content (AvgIpc) is 2.62. The molecule has 1 amide bonds. The lowest BCUT2D eigenvalue weighted by Gasteiger charge is -2.30. The Kier molecular flexibility index (Phi) is 7.57. The summed E-state index contributed by atoms with van der Waals surface area (Å²) in [5.41, 5.74) is 0.729. The summed E-state index contributed by atoms with van der Waals surface area (Å²) in [5, 5.41) is 3.26. The molecule has 0 aliphatic rings. The van der Waals surface area contributed by atoms with Gasteiger partial charge in [-0.3, -0.25) is 9.10 Å². The van der Waals surface area contributed by atoms with Gasteiger partial charge in [0, 0.05) is 0 Å². The molecule has 152 valence electrons. The first-order chi connectivity index (χ1) is 13.2. The fourth-order valence-corrected chi connectivity index (χ4v) is 4.25. The summed E-state index contributed by atoms with van der Waals surface area (Å²) in [4.78, 5) is 13.0. The molecule has 2 aromatic rings. The zero-order valence-electron chi connectivity index (χ0n) is 15.8. The highest BCUT2D eigenvalue weighted by Crippen LogP contribution is 2.31. The maximum absolute atomic E-state index is 13.0. The van der Waals surface area contributed by atoms with Gasteiger partial charge in [0.2, 0.25) is 15.9 Å². The first kappa shape index (κ1) is 22.3. The van der Waals surface area contributed by atoms with E-state index in [1.807, 2.05) is 6.92 Å². The predicted molar refractivity (Wildman–Crippen MR) is 114 cm³/mol. The molecule has 1 atom stereocenters. The number of halogens is 2. The maximum Gasteiger partial charge on any atom is 0.248 e. The normalized spacial score (nSPS) is 12.3. The Balaban J connectivity index is 2.41. The van der Waals surface area contributed by atoms with Crippen LogP contribution in [0.5, 0.6) is 5.75 Å². The standard InChI is InChI=1S/C19H22Cl2N2O4S/c1-4-17(19(24)22-16-8-6-7-9-18(16)27-5-2)23(28(3,25)26)13-10-11-14(20)15(21)12-13/h6-12,17H,4-5H2,1-3H3,(H,22,24)/t17-/m1/s1. The van der Waals surface area contributed by atoms with E-state index in [0.717, 1.165) is 10.6 Å². The van der Waals surface area contributed by atoms with E-state index in [1.54, 1.807) is 31.2 Å². The molecule has 0 bridgehead atoms. The summed E-state index contributed by atoms with van der Waals surface area (Å²) in [5.74, 6) is 0.0276. The van der Waals surface area contributed by atoms with Crippen LogP contribution in [0, 0.1) is 0 Å². The van der Waals surface area contributed by atoms with Crippen molar-refractivity contribution in [1.82, 2.24) is 0 Å². The molecule has 9 heteroatoms. The third-order valence-corrected chi connectivity index (χ3v) is 5.85. The molecule has 0 unspecified atom stereocenters. The van der Waals surface area contributed by atoms with Crippen molar-refractivity contribution in [2.75, 3.05) is 22.5 Å². The fraction of sp³-hybridized carbons (Fsp3) is 0.316. The number of anilines is 2. The lowest BCUT2D eigenvalue weighted by atomic mass is 10.1. The molecule has 0 saturated carbocycles. The van der Waals surface area contributed by atoms with Gasteiger partial charge < -0.3 is 10.1 Å². The summed E-state index contributed by atoms with van der Waals surface area (Å²) in [6.07, 6.45) is 1.29. The zero-order chi connectivity index (χ0) is 20.9. The van der Waals surface area contributed by atoms with Crippen molar-refractivity contribution in [2.45, 2.75) is 26.3 Å². The lowest BCUT2D eigenvalue weighted by Crippen LogP contribution is -2.47. The Labute approximate surface area is 175 Å². The molecule has 0 aromatic heterocycles. The largest absolute Gasteiger partial charge is 0.492 e. The molecule has 28 heavy (non-hydrogen) atoms. The third kappa shape index (κ3) is 5.31. The number of ether oxygens (including phenoxy) is 1. The molecule has 1 N–H and O–H groups in total. The van der Waals surface area contributed by atoms with Crippen LogP contribution in [-0.2, 0) is 14.8 Å². The Morgan fingerprint density at radius 2 is 1.82 bits per heavy atom. The number of rotatable bonds is 8. The Morgan fingerprint density at radius 3 is 2.39 bits per heavy atom. The number of sulfonamides is 1. The van der Waals surface area contributed by atoms with Crippen molar-refractivity contribution >= 4 is 50.5 Å². The molecule has 0 saturated heterocycles. The number of para-hydroxylation sites is 2. The number of carbonyl (C=O) groups excluding carboxylic acids is 1. The van der Waals surface area contributed by atoms with Gasteiger partial charge in [-0.05, 0) is 43.7 Å². The molecule has 0 radical (unpaired) electrons. The third-order valence-electron chi connectivity index (χ3n) is 3.93. The summed E-state index contributed by atoms with van der Waals surface area (Å²) >= 11 is 12.0. The van der Waals surface area contributed by atoms with E-state index in [9.17, 15) is 13.2 Å². The quantitative estimate of drug-likeness (QED) is 0.646. The zero-order valence-corrected chi connectivity index (χ0v) is 18.1. The number of benzene rings is 2. The number of nitrogens with one attached hydrogen (secondary N) is 1. The van der Waals surface area contributed by atoms with Gasteiger partial charge in [0.1, 0.15) is 11.8 Å². The minimum absolute atomic E-state index is 0.199. The van der Waals surface area contributed by atoms with Crippen LogP contribution in [0.4, 0.5) is 11.4 Å². The molecule has 0 aliphatic heterocycles. The molecular weight excluding hydrogens is 423 g/mol. The van der Waals surface area contributed by atoms with Crippen molar-refractivity contribution in [2.24, 2.45) is 0 Å². The second-order valence-corrected chi connectivity index (χ2v) is 8.67. The van der Waals surface area contributed by atoms with Gasteiger partial charge >= 0.3 is 0 Å². The van der Waals surface area contributed by atoms with E-state index in [1.165, 1.54) is 18.2 Å². The molecule has 6 nitrogen and oxygen atoms in total. The fourth-order valence-electron chi connectivity index (χ4n) is 2.75. The SMILES string of the molecule is CCOc1ccccc1NC(=O)[C@@H](CC)N(c1ccc(Cl)c(Cl)c1)S(C)(=O)=O. The Morgan fingerprint density at radius 1 is 1.14 bits per heavy atom. The van der Waals surface area contributed by atoms with Crippen LogP contribution >= 0.6 is 23.2 Å². The first-order valence-electron chi connectivity index (χ1n) is 8.66. The summed E-state index contributed by atoms with van der Waals surface area (Å²) in [7, 11) is -3.78. The highest BCUT2D eigenvalue weighted by molar-refractivity contribution is 7.92. The molecule has 2 rings (SSSR count). The highest BCUT2D eigenvalue weighted by atomic mass is 35.5. The van der Waals surface area contributed by atoms with Crippen LogP contribution in [0.15, 0.2) is 42.5 Å². The second-order valence-electron chi connectivity index (χ2n) is 6.00. The number of hydrogen-bond acceptors (Lipinski definition) is 4. The first-order valence-corrected chi connectivity index (χ1v) is 11.3.